The lowest BCUT2D eigenvalue weighted by Gasteiger charge is -2.38. The highest BCUT2D eigenvalue weighted by Gasteiger charge is 2.48. The van der Waals surface area contributed by atoms with Gasteiger partial charge in [-0.05, 0) is 43.9 Å². The summed E-state index contributed by atoms with van der Waals surface area (Å²) in [4.78, 5) is 42.7. The number of piperidine rings is 1. The molecule has 1 aromatic rings. The minimum atomic E-state index is -0.347. The lowest BCUT2D eigenvalue weighted by atomic mass is 9.75. The van der Waals surface area contributed by atoms with Crippen molar-refractivity contribution in [1.82, 2.24) is 20.4 Å². The first kappa shape index (κ1) is 23.8. The third-order valence-electron chi connectivity index (χ3n) is 7.36. The van der Waals surface area contributed by atoms with Crippen LogP contribution in [0.25, 0.3) is 0 Å². The summed E-state index contributed by atoms with van der Waals surface area (Å²) < 4.78 is 0. The Hall–Kier alpha value is -2.32. The molecular weight excluding hydrogens is 442 g/mol. The quantitative estimate of drug-likeness (QED) is 0.651. The molecule has 3 aliphatic heterocycles. The maximum absolute atomic E-state index is 12.8. The number of nitrogens with zero attached hydrogens (tertiary/aromatic N) is 3. The van der Waals surface area contributed by atoms with Gasteiger partial charge in [0, 0.05) is 69.5 Å². The molecule has 1 spiro atoms. The van der Waals surface area contributed by atoms with Crippen LogP contribution in [0, 0.1) is 5.41 Å². The summed E-state index contributed by atoms with van der Waals surface area (Å²) in [5.74, 6) is -0.139. The smallest absolute Gasteiger partial charge is 0.241 e. The standard InChI is InChI=1S/C24H34ClN5O3/c1-18(31)26-17-22(32)30-9-6-24(7-10-30)16-20(27-23(24)33)5-8-28-11-13-29(14-12-28)21-4-2-3-19(25)15-21/h2-4,15,20H,5-14,16-17H2,1H3,(H,26,31)(H,27,33). The van der Waals surface area contributed by atoms with E-state index in [1.807, 2.05) is 18.2 Å². The summed E-state index contributed by atoms with van der Waals surface area (Å²) in [6.45, 7) is 7.52. The predicted octanol–water partition coefficient (Wildman–Crippen LogP) is 1.49. The fourth-order valence-corrected chi connectivity index (χ4v) is 5.48. The number of piperazine rings is 1. The highest BCUT2D eigenvalue weighted by atomic mass is 35.5. The molecule has 3 amide bonds. The van der Waals surface area contributed by atoms with Crippen molar-refractivity contribution in [1.29, 1.82) is 0 Å². The fourth-order valence-electron chi connectivity index (χ4n) is 5.30. The van der Waals surface area contributed by atoms with Crippen molar-refractivity contribution in [2.45, 2.75) is 38.6 Å². The van der Waals surface area contributed by atoms with E-state index >= 15 is 0 Å². The number of benzene rings is 1. The Morgan fingerprint density at radius 1 is 1.15 bits per heavy atom. The van der Waals surface area contributed by atoms with Crippen molar-refractivity contribution >= 4 is 35.0 Å². The third kappa shape index (κ3) is 5.79. The molecule has 1 aromatic carbocycles. The van der Waals surface area contributed by atoms with Gasteiger partial charge < -0.3 is 20.4 Å². The van der Waals surface area contributed by atoms with Crippen molar-refractivity contribution in [2.24, 2.45) is 5.41 Å². The number of likely N-dealkylation sites (tertiary alicyclic amines) is 1. The summed E-state index contributed by atoms with van der Waals surface area (Å²) in [6.07, 6.45) is 3.19. The lowest BCUT2D eigenvalue weighted by Crippen LogP contribution is -2.48. The third-order valence-corrected chi connectivity index (χ3v) is 7.59. The van der Waals surface area contributed by atoms with Crippen molar-refractivity contribution in [3.05, 3.63) is 29.3 Å². The molecule has 1 atom stereocenters. The van der Waals surface area contributed by atoms with Gasteiger partial charge >= 0.3 is 0 Å². The number of carbonyl (C=O) groups is 3. The van der Waals surface area contributed by atoms with Gasteiger partial charge in [0.25, 0.3) is 0 Å². The number of nitrogens with one attached hydrogen (secondary N) is 2. The van der Waals surface area contributed by atoms with Gasteiger partial charge in [-0.2, -0.15) is 0 Å². The molecule has 1 unspecified atom stereocenters. The lowest BCUT2D eigenvalue weighted by molar-refractivity contribution is -0.138. The van der Waals surface area contributed by atoms with E-state index in [4.69, 9.17) is 11.6 Å². The molecule has 3 aliphatic rings. The molecular formula is C24H34ClN5O3. The molecule has 0 saturated carbocycles. The van der Waals surface area contributed by atoms with Crippen molar-refractivity contribution in [3.63, 3.8) is 0 Å². The predicted molar refractivity (Wildman–Crippen MR) is 128 cm³/mol. The van der Waals surface area contributed by atoms with Crippen molar-refractivity contribution in [2.75, 3.05) is 57.3 Å². The monoisotopic (exact) mass is 475 g/mol. The van der Waals surface area contributed by atoms with E-state index in [1.165, 1.54) is 12.6 Å². The summed E-state index contributed by atoms with van der Waals surface area (Å²) in [7, 11) is 0. The number of carbonyl (C=O) groups excluding carboxylic acids is 3. The average molecular weight is 476 g/mol. The summed E-state index contributed by atoms with van der Waals surface area (Å²) in [6, 6.07) is 8.21. The molecule has 4 rings (SSSR count). The van der Waals surface area contributed by atoms with Gasteiger partial charge in [-0.3, -0.25) is 19.3 Å². The van der Waals surface area contributed by atoms with Crippen LogP contribution in [0.3, 0.4) is 0 Å². The Kier molecular flexibility index (Phi) is 7.44. The van der Waals surface area contributed by atoms with Gasteiger partial charge in [-0.1, -0.05) is 17.7 Å². The largest absolute Gasteiger partial charge is 0.369 e. The first-order valence-corrected chi connectivity index (χ1v) is 12.3. The van der Waals surface area contributed by atoms with Crippen molar-refractivity contribution in [3.8, 4) is 0 Å². The SMILES string of the molecule is CC(=O)NCC(=O)N1CCC2(CC1)CC(CCN1CCN(c3cccc(Cl)c3)CC1)NC2=O. The van der Waals surface area contributed by atoms with Crippen LogP contribution in [0.1, 0.15) is 32.6 Å². The van der Waals surface area contributed by atoms with Crippen LogP contribution in [-0.2, 0) is 14.4 Å². The highest BCUT2D eigenvalue weighted by Crippen LogP contribution is 2.41. The minimum absolute atomic E-state index is 0.0295. The molecule has 0 aliphatic carbocycles. The number of hydrogen-bond donors (Lipinski definition) is 2. The van der Waals surface area contributed by atoms with E-state index in [0.29, 0.717) is 25.9 Å². The highest BCUT2D eigenvalue weighted by molar-refractivity contribution is 6.30. The van der Waals surface area contributed by atoms with E-state index < -0.39 is 0 Å². The summed E-state index contributed by atoms with van der Waals surface area (Å²) in [5.41, 5.74) is 0.829. The van der Waals surface area contributed by atoms with E-state index in [1.54, 1.807) is 4.90 Å². The Morgan fingerprint density at radius 3 is 2.55 bits per heavy atom. The number of hydrogen-bond acceptors (Lipinski definition) is 5. The molecule has 0 bridgehead atoms. The molecule has 3 fully saturated rings. The van der Waals surface area contributed by atoms with Gasteiger partial charge in [0.1, 0.15) is 0 Å². The number of amides is 3. The second kappa shape index (κ2) is 10.3. The van der Waals surface area contributed by atoms with Crippen molar-refractivity contribution < 1.29 is 14.4 Å². The van der Waals surface area contributed by atoms with Gasteiger partial charge in [-0.25, -0.2) is 0 Å². The maximum Gasteiger partial charge on any atom is 0.241 e. The van der Waals surface area contributed by atoms with Gasteiger partial charge in [0.15, 0.2) is 0 Å². The van der Waals surface area contributed by atoms with Crippen LogP contribution in [0.2, 0.25) is 5.02 Å². The van der Waals surface area contributed by atoms with Crippen LogP contribution >= 0.6 is 11.6 Å². The van der Waals surface area contributed by atoms with Gasteiger partial charge in [-0.15, -0.1) is 0 Å². The number of anilines is 1. The van der Waals surface area contributed by atoms with Gasteiger partial charge in [0.05, 0.1) is 12.0 Å². The molecule has 0 aromatic heterocycles. The normalized spacial score (nSPS) is 23.0. The van der Waals surface area contributed by atoms with E-state index in [2.05, 4.69) is 26.5 Å². The Balaban J connectivity index is 1.20. The topological polar surface area (TPSA) is 85.0 Å². The molecule has 0 radical (unpaired) electrons. The summed E-state index contributed by atoms with van der Waals surface area (Å²) >= 11 is 6.13. The van der Waals surface area contributed by atoms with Crippen LogP contribution in [-0.4, -0.2) is 85.9 Å². The molecule has 180 valence electrons. The van der Waals surface area contributed by atoms with Crippen LogP contribution < -0.4 is 15.5 Å². The molecule has 3 saturated heterocycles. The van der Waals surface area contributed by atoms with Crippen LogP contribution in [0.15, 0.2) is 24.3 Å². The zero-order valence-electron chi connectivity index (χ0n) is 19.3. The Morgan fingerprint density at radius 2 is 1.88 bits per heavy atom. The minimum Gasteiger partial charge on any atom is -0.369 e. The first-order valence-electron chi connectivity index (χ1n) is 11.9. The fraction of sp³-hybridized carbons (Fsp3) is 0.625. The van der Waals surface area contributed by atoms with E-state index in [-0.39, 0.29) is 35.7 Å². The average Bonchev–Trinajstić information content (AvgIpc) is 3.11. The van der Waals surface area contributed by atoms with Crippen LogP contribution in [0.4, 0.5) is 5.69 Å². The van der Waals surface area contributed by atoms with E-state index in [9.17, 15) is 14.4 Å². The number of halogens is 1. The van der Waals surface area contributed by atoms with Gasteiger partial charge in [0.2, 0.25) is 17.7 Å². The molecule has 9 heteroatoms. The Bertz CT molecular complexity index is 879. The molecule has 3 heterocycles. The second-order valence-electron chi connectivity index (χ2n) is 9.54. The number of rotatable bonds is 6. The maximum atomic E-state index is 12.8. The summed E-state index contributed by atoms with van der Waals surface area (Å²) in [5, 5.41) is 6.55. The van der Waals surface area contributed by atoms with E-state index in [0.717, 1.165) is 50.6 Å². The zero-order chi connectivity index (χ0) is 23.4. The van der Waals surface area contributed by atoms with Crippen LogP contribution in [0.5, 0.6) is 0 Å². The molecule has 33 heavy (non-hydrogen) atoms. The zero-order valence-corrected chi connectivity index (χ0v) is 20.1. The molecule has 8 nitrogen and oxygen atoms in total. The second-order valence-corrected chi connectivity index (χ2v) is 9.98. The Labute approximate surface area is 200 Å². The first-order chi connectivity index (χ1) is 15.8. The molecule has 2 N–H and O–H groups in total.